The Kier molecular flexibility index (Phi) is 3.40. The molecule has 1 aromatic heterocycles. The molecule has 4 N–H and O–H groups in total. The molecule has 0 radical (unpaired) electrons. The Hall–Kier alpha value is -1.02. The Morgan fingerprint density at radius 2 is 2.07 bits per heavy atom. The smallest absolute Gasteiger partial charge is 0.403 e. The van der Waals surface area contributed by atoms with Crippen LogP contribution in [-0.2, 0) is 6.54 Å². The van der Waals surface area contributed by atoms with Gasteiger partial charge in [-0.1, -0.05) is 0 Å². The van der Waals surface area contributed by atoms with Crippen molar-refractivity contribution in [1.29, 1.82) is 0 Å². The zero-order valence-electron chi connectivity index (χ0n) is 7.31. The molecule has 0 bridgehead atoms. The van der Waals surface area contributed by atoms with E-state index in [1.165, 1.54) is 0 Å². The molecule has 0 fully saturated rings. The third-order valence-electron chi connectivity index (χ3n) is 1.48. The number of nitrogens with zero attached hydrogens (tertiary/aromatic N) is 1. The molecule has 0 saturated heterocycles. The maximum atomic E-state index is 11.9. The molecule has 8 heteroatoms. The van der Waals surface area contributed by atoms with Crippen LogP contribution in [0.3, 0.4) is 0 Å². The molecule has 1 rings (SSSR count). The lowest BCUT2D eigenvalue weighted by atomic mass is 10.3. The number of hydrogen-bond donors (Lipinski definition) is 2. The standard InChI is InChI=1S/C7H7BrF3N3O/c8-6-5(15-7(9,10)11)1-3(13)4(2-12)14-6/h1H,2,12-13H2. The second kappa shape index (κ2) is 4.23. The van der Waals surface area contributed by atoms with Crippen molar-refractivity contribution >= 4 is 21.6 Å². The largest absolute Gasteiger partial charge is 0.573 e. The van der Waals surface area contributed by atoms with Gasteiger partial charge in [0.25, 0.3) is 0 Å². The summed E-state index contributed by atoms with van der Waals surface area (Å²) in [7, 11) is 0. The number of ether oxygens (including phenoxy) is 1. The minimum Gasteiger partial charge on any atom is -0.403 e. The zero-order valence-corrected chi connectivity index (χ0v) is 8.89. The normalized spacial score (nSPS) is 11.5. The van der Waals surface area contributed by atoms with Gasteiger partial charge in [-0.3, -0.25) is 0 Å². The Morgan fingerprint density at radius 1 is 1.47 bits per heavy atom. The van der Waals surface area contributed by atoms with Crippen molar-refractivity contribution in [3.8, 4) is 5.75 Å². The first-order chi connectivity index (χ1) is 6.83. The Labute approximate surface area is 91.5 Å². The number of nitrogens with two attached hydrogens (primary N) is 2. The first kappa shape index (κ1) is 12.1. The summed E-state index contributed by atoms with van der Waals surface area (Å²) in [6, 6.07) is 1.02. The fourth-order valence-corrected chi connectivity index (χ4v) is 1.29. The van der Waals surface area contributed by atoms with Gasteiger partial charge < -0.3 is 16.2 Å². The number of rotatable bonds is 2. The summed E-state index contributed by atoms with van der Waals surface area (Å²) in [4.78, 5) is 3.72. The number of anilines is 1. The van der Waals surface area contributed by atoms with Gasteiger partial charge in [-0.2, -0.15) is 0 Å². The van der Waals surface area contributed by atoms with Gasteiger partial charge >= 0.3 is 6.36 Å². The van der Waals surface area contributed by atoms with Gasteiger partial charge in [0, 0.05) is 12.6 Å². The van der Waals surface area contributed by atoms with Gasteiger partial charge in [0.05, 0.1) is 11.4 Å². The highest BCUT2D eigenvalue weighted by molar-refractivity contribution is 9.10. The second-order valence-electron chi connectivity index (χ2n) is 2.57. The lowest BCUT2D eigenvalue weighted by Gasteiger charge is -2.12. The van der Waals surface area contributed by atoms with Crippen LogP contribution in [0.2, 0.25) is 0 Å². The van der Waals surface area contributed by atoms with Crippen LogP contribution in [0, 0.1) is 0 Å². The predicted molar refractivity (Wildman–Crippen MR) is 50.9 cm³/mol. The highest BCUT2D eigenvalue weighted by Gasteiger charge is 2.32. The summed E-state index contributed by atoms with van der Waals surface area (Å²) in [6.45, 7) is 0.0384. The monoisotopic (exact) mass is 285 g/mol. The molecule has 4 nitrogen and oxygen atoms in total. The van der Waals surface area contributed by atoms with E-state index in [0.717, 1.165) is 6.07 Å². The van der Waals surface area contributed by atoms with Crippen molar-refractivity contribution in [2.45, 2.75) is 12.9 Å². The number of halogens is 4. The lowest BCUT2D eigenvalue weighted by Crippen LogP contribution is -2.18. The van der Waals surface area contributed by atoms with Crippen LogP contribution >= 0.6 is 15.9 Å². The van der Waals surface area contributed by atoms with E-state index in [-0.39, 0.29) is 16.8 Å². The van der Waals surface area contributed by atoms with Crippen LogP contribution in [0.25, 0.3) is 0 Å². The highest BCUT2D eigenvalue weighted by atomic mass is 79.9. The SMILES string of the molecule is NCc1nc(Br)c(OC(F)(F)F)cc1N. The van der Waals surface area contributed by atoms with Crippen molar-refractivity contribution in [3.05, 3.63) is 16.4 Å². The van der Waals surface area contributed by atoms with Crippen molar-refractivity contribution in [1.82, 2.24) is 4.98 Å². The Bertz CT molecular complexity index is 369. The summed E-state index contributed by atoms with van der Waals surface area (Å²) < 4.78 is 39.3. The van der Waals surface area contributed by atoms with Gasteiger partial charge in [0.2, 0.25) is 0 Å². The van der Waals surface area contributed by atoms with Crippen LogP contribution < -0.4 is 16.2 Å². The number of aromatic nitrogens is 1. The zero-order chi connectivity index (χ0) is 11.6. The molecule has 0 unspecified atom stereocenters. The first-order valence-electron chi connectivity index (χ1n) is 3.74. The molecule has 0 aliphatic carbocycles. The lowest BCUT2D eigenvalue weighted by molar-refractivity contribution is -0.275. The summed E-state index contributed by atoms with van der Waals surface area (Å²) in [6.07, 6.45) is -4.78. The second-order valence-corrected chi connectivity index (χ2v) is 3.32. The van der Waals surface area contributed by atoms with Gasteiger partial charge in [-0.25, -0.2) is 4.98 Å². The van der Waals surface area contributed by atoms with E-state index in [4.69, 9.17) is 11.5 Å². The quantitative estimate of drug-likeness (QED) is 0.813. The molecule has 0 spiro atoms. The molecule has 1 aromatic rings. The Balaban J connectivity index is 3.05. The third-order valence-corrected chi connectivity index (χ3v) is 2.04. The van der Waals surface area contributed by atoms with E-state index < -0.39 is 12.1 Å². The van der Waals surface area contributed by atoms with E-state index in [9.17, 15) is 13.2 Å². The molecule has 15 heavy (non-hydrogen) atoms. The summed E-state index contributed by atoms with van der Waals surface area (Å²) in [5.41, 5.74) is 11.0. The van der Waals surface area contributed by atoms with Crippen LogP contribution in [0.15, 0.2) is 10.7 Å². The number of alkyl halides is 3. The summed E-state index contributed by atoms with van der Waals surface area (Å²) in [5, 5.41) is 0. The van der Waals surface area contributed by atoms with E-state index in [1.807, 2.05) is 0 Å². The molecule has 0 aliphatic rings. The van der Waals surface area contributed by atoms with Gasteiger partial charge in [0.15, 0.2) is 5.75 Å². The van der Waals surface area contributed by atoms with Crippen LogP contribution in [0.4, 0.5) is 18.9 Å². The van der Waals surface area contributed by atoms with Gasteiger partial charge in [-0.15, -0.1) is 13.2 Å². The minimum absolute atomic E-state index is 0.0384. The molecule has 0 saturated carbocycles. The topological polar surface area (TPSA) is 74.2 Å². The van der Waals surface area contributed by atoms with Gasteiger partial charge in [-0.05, 0) is 15.9 Å². The van der Waals surface area contributed by atoms with E-state index >= 15 is 0 Å². The molecule has 1 heterocycles. The fourth-order valence-electron chi connectivity index (χ4n) is 0.882. The van der Waals surface area contributed by atoms with Crippen LogP contribution in [-0.4, -0.2) is 11.3 Å². The van der Waals surface area contributed by atoms with Crippen LogP contribution in [0.5, 0.6) is 5.75 Å². The molecular formula is C7H7BrF3N3O. The van der Waals surface area contributed by atoms with Gasteiger partial charge in [0.1, 0.15) is 4.60 Å². The van der Waals surface area contributed by atoms with Crippen molar-refractivity contribution in [3.63, 3.8) is 0 Å². The fraction of sp³-hybridized carbons (Fsp3) is 0.286. The minimum atomic E-state index is -4.78. The highest BCUT2D eigenvalue weighted by Crippen LogP contribution is 2.31. The third kappa shape index (κ3) is 3.24. The van der Waals surface area contributed by atoms with Crippen molar-refractivity contribution in [2.24, 2.45) is 5.73 Å². The number of pyridine rings is 1. The maximum absolute atomic E-state index is 11.9. The predicted octanol–water partition coefficient (Wildman–Crippen LogP) is 1.78. The maximum Gasteiger partial charge on any atom is 0.573 e. The average Bonchev–Trinajstić information content (AvgIpc) is 2.08. The van der Waals surface area contributed by atoms with Crippen molar-refractivity contribution in [2.75, 3.05) is 5.73 Å². The Morgan fingerprint density at radius 3 is 2.53 bits per heavy atom. The molecule has 0 aromatic carbocycles. The number of hydrogen-bond acceptors (Lipinski definition) is 4. The molecule has 0 aliphatic heterocycles. The van der Waals surface area contributed by atoms with E-state index in [2.05, 4.69) is 25.7 Å². The van der Waals surface area contributed by atoms with Crippen molar-refractivity contribution < 1.29 is 17.9 Å². The molecule has 84 valence electrons. The van der Waals surface area contributed by atoms with E-state index in [1.54, 1.807) is 0 Å². The number of nitrogen functional groups attached to an aromatic ring is 1. The average molecular weight is 286 g/mol. The molecular weight excluding hydrogens is 279 g/mol. The molecule has 0 amide bonds. The van der Waals surface area contributed by atoms with Crippen LogP contribution in [0.1, 0.15) is 5.69 Å². The first-order valence-corrected chi connectivity index (χ1v) is 4.53. The molecule has 0 atom stereocenters. The summed E-state index contributed by atoms with van der Waals surface area (Å²) >= 11 is 2.83. The van der Waals surface area contributed by atoms with E-state index in [0.29, 0.717) is 5.69 Å². The summed E-state index contributed by atoms with van der Waals surface area (Å²) in [5.74, 6) is -0.489.